The Balaban J connectivity index is 1.65. The maximum Gasteiger partial charge on any atom is 0.338 e. The van der Waals surface area contributed by atoms with Crippen molar-refractivity contribution in [3.05, 3.63) is 64.5 Å². The van der Waals surface area contributed by atoms with Gasteiger partial charge in [-0.05, 0) is 42.5 Å². The van der Waals surface area contributed by atoms with Crippen LogP contribution in [0.5, 0.6) is 0 Å². The second-order valence-electron chi connectivity index (χ2n) is 5.53. The second kappa shape index (κ2) is 7.48. The van der Waals surface area contributed by atoms with Crippen LogP contribution in [-0.2, 0) is 11.3 Å². The Kier molecular flexibility index (Phi) is 5.14. The van der Waals surface area contributed by atoms with Crippen molar-refractivity contribution < 1.29 is 13.9 Å². The summed E-state index contributed by atoms with van der Waals surface area (Å²) in [5, 5.41) is 7.89. The number of carbonyl (C=O) groups is 1. The molecule has 0 saturated carbocycles. The largest absolute Gasteiger partial charge is 0.452 e. The molecule has 0 amide bonds. The van der Waals surface area contributed by atoms with E-state index >= 15 is 0 Å². The minimum absolute atomic E-state index is 0.0748. The van der Waals surface area contributed by atoms with Gasteiger partial charge in [-0.25, -0.2) is 4.79 Å². The zero-order valence-corrected chi connectivity index (χ0v) is 15.4. The lowest BCUT2D eigenvalue weighted by Gasteiger charge is -2.12. The summed E-state index contributed by atoms with van der Waals surface area (Å²) in [6.07, 6.45) is 0. The van der Waals surface area contributed by atoms with Crippen molar-refractivity contribution in [2.45, 2.75) is 6.61 Å². The van der Waals surface area contributed by atoms with Gasteiger partial charge in [-0.15, -0.1) is 10.2 Å². The van der Waals surface area contributed by atoms with E-state index in [1.807, 2.05) is 55.4 Å². The highest BCUT2D eigenvalue weighted by Crippen LogP contribution is 2.21. The van der Waals surface area contributed by atoms with Gasteiger partial charge in [0.2, 0.25) is 5.89 Å². The lowest BCUT2D eigenvalue weighted by Crippen LogP contribution is -2.11. The number of rotatable bonds is 5. The topological polar surface area (TPSA) is 68.5 Å². The first-order valence-corrected chi connectivity index (χ1v) is 8.35. The van der Waals surface area contributed by atoms with Gasteiger partial charge in [0, 0.05) is 29.8 Å². The Morgan fingerprint density at radius 2 is 1.92 bits per heavy atom. The van der Waals surface area contributed by atoms with Gasteiger partial charge in [-0.3, -0.25) is 0 Å². The zero-order valence-electron chi connectivity index (χ0n) is 13.8. The van der Waals surface area contributed by atoms with Crippen molar-refractivity contribution in [2.24, 2.45) is 0 Å². The van der Waals surface area contributed by atoms with E-state index in [1.165, 1.54) is 0 Å². The Morgan fingerprint density at radius 3 is 2.64 bits per heavy atom. The fourth-order valence-corrected chi connectivity index (χ4v) is 2.41. The monoisotopic (exact) mass is 401 g/mol. The standard InChI is InChI=1S/C18H16BrN3O3/c1-22(2)15-5-3-4-13(10-15)18(23)24-11-16-20-21-17(25-16)12-6-8-14(19)9-7-12/h3-10H,11H2,1-2H3. The summed E-state index contributed by atoms with van der Waals surface area (Å²) >= 11 is 3.37. The third kappa shape index (κ3) is 4.24. The van der Waals surface area contributed by atoms with Gasteiger partial charge < -0.3 is 14.1 Å². The van der Waals surface area contributed by atoms with E-state index in [4.69, 9.17) is 9.15 Å². The molecule has 0 saturated heterocycles. The Labute approximate surface area is 153 Å². The van der Waals surface area contributed by atoms with E-state index in [2.05, 4.69) is 26.1 Å². The first kappa shape index (κ1) is 17.2. The maximum atomic E-state index is 12.2. The predicted octanol–water partition coefficient (Wildman–Crippen LogP) is 3.92. The SMILES string of the molecule is CN(C)c1cccc(C(=O)OCc2nnc(-c3ccc(Br)cc3)o2)c1. The maximum absolute atomic E-state index is 12.2. The normalized spacial score (nSPS) is 10.5. The Morgan fingerprint density at radius 1 is 1.16 bits per heavy atom. The number of hydrogen-bond acceptors (Lipinski definition) is 6. The Hall–Kier alpha value is -2.67. The molecule has 0 aliphatic carbocycles. The quantitative estimate of drug-likeness (QED) is 0.603. The van der Waals surface area contributed by atoms with Crippen LogP contribution in [-0.4, -0.2) is 30.3 Å². The number of hydrogen-bond donors (Lipinski definition) is 0. The summed E-state index contributed by atoms with van der Waals surface area (Å²) in [4.78, 5) is 14.1. The van der Waals surface area contributed by atoms with Crippen molar-refractivity contribution in [2.75, 3.05) is 19.0 Å². The van der Waals surface area contributed by atoms with Gasteiger partial charge in [0.1, 0.15) is 0 Å². The highest BCUT2D eigenvalue weighted by atomic mass is 79.9. The molecule has 0 aliphatic heterocycles. The lowest BCUT2D eigenvalue weighted by molar-refractivity contribution is 0.0438. The summed E-state index contributed by atoms with van der Waals surface area (Å²) in [7, 11) is 3.82. The first-order valence-electron chi connectivity index (χ1n) is 7.56. The van der Waals surface area contributed by atoms with Crippen LogP contribution in [0, 0.1) is 0 Å². The predicted molar refractivity (Wildman–Crippen MR) is 97.3 cm³/mol. The number of carbonyl (C=O) groups excluding carboxylic acids is 1. The van der Waals surface area contributed by atoms with Gasteiger partial charge >= 0.3 is 5.97 Å². The molecule has 0 spiro atoms. The summed E-state index contributed by atoms with van der Waals surface area (Å²) in [6, 6.07) is 14.7. The first-order chi connectivity index (χ1) is 12.0. The molecule has 0 unspecified atom stereocenters. The van der Waals surface area contributed by atoms with Gasteiger partial charge in [-0.1, -0.05) is 22.0 Å². The number of benzene rings is 2. The second-order valence-corrected chi connectivity index (χ2v) is 6.44. The average Bonchev–Trinajstić information content (AvgIpc) is 3.09. The number of halogens is 1. The van der Waals surface area contributed by atoms with E-state index in [1.54, 1.807) is 12.1 Å². The number of ether oxygens (including phenoxy) is 1. The van der Waals surface area contributed by atoms with Gasteiger partial charge in [0.05, 0.1) is 5.56 Å². The van der Waals surface area contributed by atoms with E-state index in [0.29, 0.717) is 11.5 Å². The van der Waals surface area contributed by atoms with Crippen molar-refractivity contribution in [3.63, 3.8) is 0 Å². The molecule has 1 heterocycles. The number of aromatic nitrogens is 2. The van der Waals surface area contributed by atoms with Crippen LogP contribution in [0.4, 0.5) is 5.69 Å². The van der Waals surface area contributed by atoms with Crippen LogP contribution in [0.15, 0.2) is 57.4 Å². The molecule has 0 N–H and O–H groups in total. The van der Waals surface area contributed by atoms with Crippen molar-refractivity contribution in [3.8, 4) is 11.5 Å². The molecule has 0 aliphatic rings. The van der Waals surface area contributed by atoms with Crippen LogP contribution in [0.3, 0.4) is 0 Å². The highest BCUT2D eigenvalue weighted by molar-refractivity contribution is 9.10. The molecular weight excluding hydrogens is 386 g/mol. The number of anilines is 1. The fourth-order valence-electron chi connectivity index (χ4n) is 2.14. The molecule has 3 aromatic rings. The number of nitrogens with zero attached hydrogens (tertiary/aromatic N) is 3. The van der Waals surface area contributed by atoms with Crippen molar-refractivity contribution in [1.29, 1.82) is 0 Å². The molecule has 0 bridgehead atoms. The summed E-state index contributed by atoms with van der Waals surface area (Å²) in [5.41, 5.74) is 2.19. The van der Waals surface area contributed by atoms with Gasteiger partial charge in [0.15, 0.2) is 6.61 Å². The van der Waals surface area contributed by atoms with Crippen molar-refractivity contribution in [1.82, 2.24) is 10.2 Å². The van der Waals surface area contributed by atoms with Crippen LogP contribution in [0.2, 0.25) is 0 Å². The lowest BCUT2D eigenvalue weighted by atomic mass is 10.2. The van der Waals surface area contributed by atoms with E-state index in [0.717, 1.165) is 15.7 Å². The molecule has 0 radical (unpaired) electrons. The summed E-state index contributed by atoms with van der Waals surface area (Å²) in [5.74, 6) is 0.190. The molecule has 0 atom stereocenters. The Bertz CT molecular complexity index is 875. The van der Waals surface area contributed by atoms with Crippen LogP contribution in [0.25, 0.3) is 11.5 Å². The minimum atomic E-state index is -0.438. The summed E-state index contributed by atoms with van der Waals surface area (Å²) < 4.78 is 11.8. The van der Waals surface area contributed by atoms with Gasteiger partial charge in [-0.2, -0.15) is 0 Å². The van der Waals surface area contributed by atoms with Gasteiger partial charge in [0.25, 0.3) is 5.89 Å². The van der Waals surface area contributed by atoms with E-state index in [9.17, 15) is 4.79 Å². The average molecular weight is 402 g/mol. The molecule has 25 heavy (non-hydrogen) atoms. The van der Waals surface area contributed by atoms with Crippen LogP contribution in [0.1, 0.15) is 16.2 Å². The molecule has 0 fully saturated rings. The van der Waals surface area contributed by atoms with E-state index < -0.39 is 5.97 Å². The zero-order chi connectivity index (χ0) is 17.8. The third-order valence-corrected chi connectivity index (χ3v) is 4.01. The van der Waals surface area contributed by atoms with E-state index in [-0.39, 0.29) is 12.5 Å². The summed E-state index contributed by atoms with van der Waals surface area (Å²) in [6.45, 7) is -0.0748. The fraction of sp³-hybridized carbons (Fsp3) is 0.167. The molecular formula is C18H16BrN3O3. The molecule has 3 rings (SSSR count). The minimum Gasteiger partial charge on any atom is -0.452 e. The molecule has 2 aromatic carbocycles. The highest BCUT2D eigenvalue weighted by Gasteiger charge is 2.13. The molecule has 128 valence electrons. The van der Waals surface area contributed by atoms with Crippen LogP contribution >= 0.6 is 15.9 Å². The van der Waals surface area contributed by atoms with Crippen molar-refractivity contribution >= 4 is 27.6 Å². The third-order valence-electron chi connectivity index (χ3n) is 3.48. The molecule has 6 nitrogen and oxygen atoms in total. The smallest absolute Gasteiger partial charge is 0.338 e. The van der Waals surface area contributed by atoms with Crippen LogP contribution < -0.4 is 4.90 Å². The molecule has 7 heteroatoms. The molecule has 1 aromatic heterocycles. The number of esters is 1.